The van der Waals surface area contributed by atoms with E-state index in [1.54, 1.807) is 4.31 Å². The van der Waals surface area contributed by atoms with Gasteiger partial charge in [0, 0.05) is 31.7 Å². The third kappa shape index (κ3) is 3.81. The van der Waals surface area contributed by atoms with E-state index in [9.17, 15) is 8.42 Å². The van der Waals surface area contributed by atoms with E-state index in [-0.39, 0.29) is 36.0 Å². The van der Waals surface area contributed by atoms with E-state index >= 15 is 0 Å². The van der Waals surface area contributed by atoms with Crippen molar-refractivity contribution in [3.05, 3.63) is 35.9 Å². The summed E-state index contributed by atoms with van der Waals surface area (Å²) < 4.78 is 31.9. The van der Waals surface area contributed by atoms with E-state index < -0.39 is 10.0 Å². The lowest BCUT2D eigenvalue weighted by atomic mass is 9.95. The standard InChI is InChI=1S/C15H22N2O3S.ClH/c16-15-9-17(8-14(15)13-4-2-1-3-5-13)21(18,19)11-12-6-7-20-10-12;/h1-5,12,14-15H,6-11,16H2;1H/t12?,14-,15+;/m0./s1. The predicted molar refractivity (Wildman–Crippen MR) is 88.7 cm³/mol. The number of ether oxygens (including phenoxy) is 1. The number of nitrogens with zero attached hydrogens (tertiary/aromatic N) is 1. The summed E-state index contributed by atoms with van der Waals surface area (Å²) in [5, 5.41) is 0. The monoisotopic (exact) mass is 346 g/mol. The molecular weight excluding hydrogens is 324 g/mol. The third-order valence-electron chi connectivity index (χ3n) is 4.42. The van der Waals surface area contributed by atoms with Crippen LogP contribution in [0.2, 0.25) is 0 Å². The number of benzene rings is 1. The highest BCUT2D eigenvalue weighted by Gasteiger charge is 2.38. The summed E-state index contributed by atoms with van der Waals surface area (Å²) in [5.74, 6) is 0.393. The Hall–Kier alpha value is -0.660. The minimum absolute atomic E-state index is 0. The Morgan fingerprint density at radius 2 is 1.95 bits per heavy atom. The molecule has 22 heavy (non-hydrogen) atoms. The number of sulfonamides is 1. The first-order chi connectivity index (χ1) is 10.1. The molecule has 7 heteroatoms. The van der Waals surface area contributed by atoms with Crippen molar-refractivity contribution in [3.63, 3.8) is 0 Å². The molecule has 0 aliphatic carbocycles. The molecule has 0 saturated carbocycles. The molecule has 2 aliphatic rings. The predicted octanol–water partition coefficient (Wildman–Crippen LogP) is 1.20. The Morgan fingerprint density at radius 1 is 1.23 bits per heavy atom. The van der Waals surface area contributed by atoms with Crippen LogP contribution in [-0.4, -0.2) is 50.8 Å². The lowest BCUT2D eigenvalue weighted by Crippen LogP contribution is -2.35. The van der Waals surface area contributed by atoms with Crippen LogP contribution in [0.25, 0.3) is 0 Å². The van der Waals surface area contributed by atoms with Crippen LogP contribution in [0.4, 0.5) is 0 Å². The summed E-state index contributed by atoms with van der Waals surface area (Å²) in [4.78, 5) is 0. The van der Waals surface area contributed by atoms with Gasteiger partial charge in [0.2, 0.25) is 10.0 Å². The van der Waals surface area contributed by atoms with Crippen LogP contribution in [0.15, 0.2) is 30.3 Å². The molecule has 0 spiro atoms. The molecule has 1 aromatic carbocycles. The molecule has 1 unspecified atom stereocenters. The van der Waals surface area contributed by atoms with Crippen molar-refractivity contribution in [3.8, 4) is 0 Å². The molecule has 2 fully saturated rings. The summed E-state index contributed by atoms with van der Waals surface area (Å²) in [6, 6.07) is 9.79. The van der Waals surface area contributed by atoms with Gasteiger partial charge >= 0.3 is 0 Å². The van der Waals surface area contributed by atoms with Gasteiger partial charge in [-0.25, -0.2) is 8.42 Å². The molecule has 0 amide bonds. The van der Waals surface area contributed by atoms with Crippen LogP contribution in [0.3, 0.4) is 0 Å². The van der Waals surface area contributed by atoms with Gasteiger partial charge in [-0.1, -0.05) is 30.3 Å². The molecule has 2 N–H and O–H groups in total. The van der Waals surface area contributed by atoms with Crippen molar-refractivity contribution >= 4 is 22.4 Å². The average molecular weight is 347 g/mol. The fourth-order valence-electron chi connectivity index (χ4n) is 3.19. The van der Waals surface area contributed by atoms with Crippen LogP contribution in [0.5, 0.6) is 0 Å². The fourth-order valence-corrected chi connectivity index (χ4v) is 5.05. The summed E-state index contributed by atoms with van der Waals surface area (Å²) in [6.07, 6.45) is 0.835. The molecule has 3 atom stereocenters. The van der Waals surface area contributed by atoms with E-state index in [2.05, 4.69) is 0 Å². The molecule has 1 aromatic rings. The van der Waals surface area contributed by atoms with Gasteiger partial charge in [0.1, 0.15) is 0 Å². The maximum Gasteiger partial charge on any atom is 0.214 e. The molecule has 0 radical (unpaired) electrons. The van der Waals surface area contributed by atoms with E-state index in [0.29, 0.717) is 26.3 Å². The quantitative estimate of drug-likeness (QED) is 0.889. The van der Waals surface area contributed by atoms with E-state index in [0.717, 1.165) is 12.0 Å². The zero-order valence-corrected chi connectivity index (χ0v) is 14.1. The Labute approximate surface area is 138 Å². The second kappa shape index (κ2) is 7.27. The Kier molecular flexibility index (Phi) is 5.85. The second-order valence-corrected chi connectivity index (χ2v) is 8.02. The lowest BCUT2D eigenvalue weighted by molar-refractivity contribution is 0.188. The molecule has 2 heterocycles. The van der Waals surface area contributed by atoms with Crippen molar-refractivity contribution in [1.29, 1.82) is 0 Å². The highest BCUT2D eigenvalue weighted by molar-refractivity contribution is 7.89. The second-order valence-electron chi connectivity index (χ2n) is 6.01. The molecule has 0 aromatic heterocycles. The van der Waals surface area contributed by atoms with Crippen LogP contribution in [-0.2, 0) is 14.8 Å². The third-order valence-corrected chi connectivity index (χ3v) is 6.40. The van der Waals surface area contributed by atoms with Crippen LogP contribution in [0.1, 0.15) is 17.9 Å². The fraction of sp³-hybridized carbons (Fsp3) is 0.600. The highest BCUT2D eigenvalue weighted by atomic mass is 35.5. The molecule has 2 saturated heterocycles. The minimum Gasteiger partial charge on any atom is -0.381 e. The maximum absolute atomic E-state index is 12.5. The van der Waals surface area contributed by atoms with Gasteiger partial charge in [0.25, 0.3) is 0 Å². The molecular formula is C15H23ClN2O3S. The zero-order chi connectivity index (χ0) is 14.9. The van der Waals surface area contributed by atoms with Crippen molar-refractivity contribution in [2.24, 2.45) is 11.7 Å². The van der Waals surface area contributed by atoms with Crippen molar-refractivity contribution in [1.82, 2.24) is 4.31 Å². The van der Waals surface area contributed by atoms with Crippen molar-refractivity contribution in [2.75, 3.05) is 32.1 Å². The van der Waals surface area contributed by atoms with Crippen LogP contribution >= 0.6 is 12.4 Å². The average Bonchev–Trinajstić information content (AvgIpc) is 3.09. The lowest BCUT2D eigenvalue weighted by Gasteiger charge is -2.18. The number of hydrogen-bond acceptors (Lipinski definition) is 4. The summed E-state index contributed by atoms with van der Waals surface area (Å²) in [7, 11) is -3.24. The Bertz CT molecular complexity index is 576. The van der Waals surface area contributed by atoms with Gasteiger partial charge in [0.05, 0.1) is 12.4 Å². The molecule has 5 nitrogen and oxygen atoms in total. The van der Waals surface area contributed by atoms with E-state index in [1.807, 2.05) is 30.3 Å². The molecule has 3 rings (SSSR count). The topological polar surface area (TPSA) is 72.6 Å². The first kappa shape index (κ1) is 17.7. The maximum atomic E-state index is 12.5. The first-order valence-electron chi connectivity index (χ1n) is 7.42. The van der Waals surface area contributed by atoms with Gasteiger partial charge in [0.15, 0.2) is 0 Å². The number of nitrogens with two attached hydrogens (primary N) is 1. The molecule has 124 valence electrons. The molecule has 2 aliphatic heterocycles. The summed E-state index contributed by atoms with van der Waals surface area (Å²) in [6.45, 7) is 2.13. The summed E-state index contributed by atoms with van der Waals surface area (Å²) >= 11 is 0. The largest absolute Gasteiger partial charge is 0.381 e. The normalized spacial score (nSPS) is 29.4. The SMILES string of the molecule is Cl.N[C@@H]1CN(S(=O)(=O)CC2CCOC2)C[C@H]1c1ccccc1. The number of halogens is 1. The highest BCUT2D eigenvalue weighted by Crippen LogP contribution is 2.29. The van der Waals surface area contributed by atoms with Crippen LogP contribution < -0.4 is 5.73 Å². The number of hydrogen-bond donors (Lipinski definition) is 1. The van der Waals surface area contributed by atoms with Gasteiger partial charge in [-0.2, -0.15) is 4.31 Å². The van der Waals surface area contributed by atoms with Gasteiger partial charge < -0.3 is 10.5 Å². The van der Waals surface area contributed by atoms with Crippen molar-refractivity contribution < 1.29 is 13.2 Å². The zero-order valence-electron chi connectivity index (χ0n) is 12.4. The van der Waals surface area contributed by atoms with Gasteiger partial charge in [-0.3, -0.25) is 0 Å². The Morgan fingerprint density at radius 3 is 2.59 bits per heavy atom. The van der Waals surface area contributed by atoms with E-state index in [1.165, 1.54) is 0 Å². The Balaban J connectivity index is 0.00000176. The first-order valence-corrected chi connectivity index (χ1v) is 9.03. The number of rotatable bonds is 4. The smallest absolute Gasteiger partial charge is 0.214 e. The van der Waals surface area contributed by atoms with E-state index in [4.69, 9.17) is 10.5 Å². The summed E-state index contributed by atoms with van der Waals surface area (Å²) in [5.41, 5.74) is 7.29. The molecule has 0 bridgehead atoms. The minimum atomic E-state index is -3.24. The van der Waals surface area contributed by atoms with Gasteiger partial charge in [-0.05, 0) is 17.9 Å². The van der Waals surface area contributed by atoms with Crippen LogP contribution in [0, 0.1) is 5.92 Å². The van der Waals surface area contributed by atoms with Crippen molar-refractivity contribution in [2.45, 2.75) is 18.4 Å². The van der Waals surface area contributed by atoms with Gasteiger partial charge in [-0.15, -0.1) is 12.4 Å².